The minimum atomic E-state index is -4.05. The van der Waals surface area contributed by atoms with Gasteiger partial charge >= 0.3 is 6.18 Å². The van der Waals surface area contributed by atoms with Crippen LogP contribution in [0.1, 0.15) is 44.2 Å². The van der Waals surface area contributed by atoms with Crippen LogP contribution in [-0.4, -0.2) is 12.2 Å². The van der Waals surface area contributed by atoms with Crippen LogP contribution in [0.25, 0.3) is 0 Å². The van der Waals surface area contributed by atoms with Gasteiger partial charge in [-0.15, -0.1) is 0 Å². The molecule has 1 aromatic rings. The van der Waals surface area contributed by atoms with Gasteiger partial charge in [-0.2, -0.15) is 13.2 Å². The molecule has 1 aliphatic carbocycles. The summed E-state index contributed by atoms with van der Waals surface area (Å²) in [6.45, 7) is 2.01. The van der Waals surface area contributed by atoms with E-state index in [4.69, 9.17) is 0 Å². The summed E-state index contributed by atoms with van der Waals surface area (Å²) >= 11 is 0. The van der Waals surface area contributed by atoms with E-state index in [-0.39, 0.29) is 24.9 Å². The minimum absolute atomic E-state index is 0.0319. The summed E-state index contributed by atoms with van der Waals surface area (Å²) in [7, 11) is 0. The van der Waals surface area contributed by atoms with Crippen LogP contribution >= 0.6 is 0 Å². The summed E-state index contributed by atoms with van der Waals surface area (Å²) < 4.78 is 38.2. The molecule has 1 aromatic carbocycles. The maximum absolute atomic E-state index is 12.7. The van der Waals surface area contributed by atoms with Crippen molar-refractivity contribution in [1.82, 2.24) is 5.32 Å². The molecule has 0 aliphatic heterocycles. The van der Waals surface area contributed by atoms with E-state index in [1.807, 2.05) is 37.3 Å². The lowest BCUT2D eigenvalue weighted by atomic mass is 9.85. The lowest BCUT2D eigenvalue weighted by molar-refractivity contribution is -0.183. The quantitative estimate of drug-likeness (QED) is 0.856. The normalized spacial score (nSPS) is 26.1. The average Bonchev–Trinajstić information content (AvgIpc) is 2.39. The van der Waals surface area contributed by atoms with Crippen LogP contribution in [0.4, 0.5) is 13.2 Å². The number of nitrogens with one attached hydrogen (secondary N) is 1. The van der Waals surface area contributed by atoms with Crippen molar-refractivity contribution in [1.29, 1.82) is 0 Å². The van der Waals surface area contributed by atoms with E-state index in [0.29, 0.717) is 6.42 Å². The van der Waals surface area contributed by atoms with E-state index in [1.165, 1.54) is 0 Å². The Bertz CT molecular complexity index is 388. The van der Waals surface area contributed by atoms with Crippen molar-refractivity contribution in [3.63, 3.8) is 0 Å². The molecule has 4 heteroatoms. The lowest BCUT2D eigenvalue weighted by Crippen LogP contribution is -2.39. The molecule has 0 amide bonds. The Morgan fingerprint density at radius 2 is 1.84 bits per heavy atom. The van der Waals surface area contributed by atoms with Gasteiger partial charge in [-0.3, -0.25) is 0 Å². The first-order valence-corrected chi connectivity index (χ1v) is 6.84. The number of alkyl halides is 3. The third-order valence-electron chi connectivity index (χ3n) is 3.92. The summed E-state index contributed by atoms with van der Waals surface area (Å²) in [6.07, 6.45) is -2.06. The van der Waals surface area contributed by atoms with Crippen molar-refractivity contribution >= 4 is 0 Å². The van der Waals surface area contributed by atoms with Gasteiger partial charge in [0.1, 0.15) is 0 Å². The fourth-order valence-electron chi connectivity index (χ4n) is 2.83. The Labute approximate surface area is 112 Å². The van der Waals surface area contributed by atoms with E-state index in [0.717, 1.165) is 12.0 Å². The van der Waals surface area contributed by atoms with Gasteiger partial charge in [-0.25, -0.2) is 0 Å². The third kappa shape index (κ3) is 3.96. The van der Waals surface area contributed by atoms with Crippen molar-refractivity contribution < 1.29 is 13.2 Å². The Balaban J connectivity index is 1.92. The van der Waals surface area contributed by atoms with Crippen LogP contribution < -0.4 is 5.32 Å². The van der Waals surface area contributed by atoms with Gasteiger partial charge in [0.25, 0.3) is 0 Å². The molecule has 1 saturated carbocycles. The molecule has 1 aliphatic rings. The number of rotatable bonds is 3. The van der Waals surface area contributed by atoms with Gasteiger partial charge in [-0.1, -0.05) is 36.8 Å². The van der Waals surface area contributed by atoms with Crippen molar-refractivity contribution in [2.24, 2.45) is 5.92 Å². The van der Waals surface area contributed by atoms with Gasteiger partial charge in [0.05, 0.1) is 5.92 Å². The number of halogens is 3. The first kappa shape index (κ1) is 14.4. The molecular weight excluding hydrogens is 251 g/mol. The fourth-order valence-corrected chi connectivity index (χ4v) is 2.83. The van der Waals surface area contributed by atoms with Crippen molar-refractivity contribution in [2.75, 3.05) is 0 Å². The Morgan fingerprint density at radius 1 is 1.16 bits per heavy atom. The second kappa shape index (κ2) is 5.95. The van der Waals surface area contributed by atoms with Crippen LogP contribution in [0.5, 0.6) is 0 Å². The summed E-state index contributed by atoms with van der Waals surface area (Å²) in [6, 6.07) is 9.91. The molecule has 0 heterocycles. The predicted molar refractivity (Wildman–Crippen MR) is 69.8 cm³/mol. The van der Waals surface area contributed by atoms with Gasteiger partial charge < -0.3 is 5.32 Å². The maximum Gasteiger partial charge on any atom is 0.391 e. The topological polar surface area (TPSA) is 12.0 Å². The Hall–Kier alpha value is -1.03. The molecule has 1 nitrogen and oxygen atoms in total. The second-order valence-corrected chi connectivity index (χ2v) is 5.40. The van der Waals surface area contributed by atoms with Crippen molar-refractivity contribution in [3.05, 3.63) is 35.9 Å². The SMILES string of the molecule is C[C@H](NC1CCCC(C(F)(F)F)C1)c1ccccc1. The highest BCUT2D eigenvalue weighted by molar-refractivity contribution is 5.18. The van der Waals surface area contributed by atoms with E-state index in [2.05, 4.69) is 5.32 Å². The highest BCUT2D eigenvalue weighted by atomic mass is 19.4. The van der Waals surface area contributed by atoms with Gasteiger partial charge in [0, 0.05) is 12.1 Å². The third-order valence-corrected chi connectivity index (χ3v) is 3.92. The molecule has 3 atom stereocenters. The molecule has 1 N–H and O–H groups in total. The van der Waals surface area contributed by atoms with Crippen LogP contribution in [0.3, 0.4) is 0 Å². The van der Waals surface area contributed by atoms with Crippen LogP contribution in [-0.2, 0) is 0 Å². The lowest BCUT2D eigenvalue weighted by Gasteiger charge is -2.33. The first-order valence-electron chi connectivity index (χ1n) is 6.84. The molecule has 2 rings (SSSR count). The van der Waals surface area contributed by atoms with E-state index < -0.39 is 12.1 Å². The molecule has 2 unspecified atom stereocenters. The fraction of sp³-hybridized carbons (Fsp3) is 0.600. The highest BCUT2D eigenvalue weighted by Crippen LogP contribution is 2.38. The molecular formula is C15H20F3N. The standard InChI is InChI=1S/C15H20F3N/c1-11(12-6-3-2-4-7-12)19-14-9-5-8-13(10-14)15(16,17)18/h2-4,6-7,11,13-14,19H,5,8-10H2,1H3/t11-,13?,14?/m0/s1. The summed E-state index contributed by atoms with van der Waals surface area (Å²) in [5, 5.41) is 3.34. The molecule has 106 valence electrons. The molecule has 0 radical (unpaired) electrons. The van der Waals surface area contributed by atoms with Gasteiger partial charge in [0.15, 0.2) is 0 Å². The Kier molecular flexibility index (Phi) is 4.50. The van der Waals surface area contributed by atoms with E-state index >= 15 is 0 Å². The van der Waals surface area contributed by atoms with Gasteiger partial charge in [0.2, 0.25) is 0 Å². The summed E-state index contributed by atoms with van der Waals surface area (Å²) in [5.74, 6) is -1.14. The van der Waals surface area contributed by atoms with E-state index in [1.54, 1.807) is 0 Å². The monoisotopic (exact) mass is 271 g/mol. The maximum atomic E-state index is 12.7. The molecule has 0 bridgehead atoms. The van der Waals surface area contributed by atoms with Crippen molar-refractivity contribution in [3.8, 4) is 0 Å². The van der Waals surface area contributed by atoms with Gasteiger partial charge in [-0.05, 0) is 31.7 Å². The zero-order valence-corrected chi connectivity index (χ0v) is 11.1. The Morgan fingerprint density at radius 3 is 2.47 bits per heavy atom. The predicted octanol–water partition coefficient (Wildman–Crippen LogP) is 4.46. The largest absolute Gasteiger partial charge is 0.391 e. The molecule has 0 saturated heterocycles. The van der Waals surface area contributed by atoms with E-state index in [9.17, 15) is 13.2 Å². The van der Waals surface area contributed by atoms with Crippen LogP contribution in [0, 0.1) is 5.92 Å². The molecule has 0 aromatic heterocycles. The average molecular weight is 271 g/mol. The summed E-state index contributed by atoms with van der Waals surface area (Å²) in [4.78, 5) is 0. The zero-order valence-electron chi connectivity index (χ0n) is 11.1. The molecule has 0 spiro atoms. The molecule has 19 heavy (non-hydrogen) atoms. The first-order chi connectivity index (χ1) is 8.97. The number of benzene rings is 1. The van der Waals surface area contributed by atoms with Crippen molar-refractivity contribution in [2.45, 2.75) is 50.9 Å². The molecule has 1 fully saturated rings. The number of hydrogen-bond donors (Lipinski definition) is 1. The second-order valence-electron chi connectivity index (χ2n) is 5.40. The van der Waals surface area contributed by atoms with Crippen LogP contribution in [0.15, 0.2) is 30.3 Å². The zero-order chi connectivity index (χ0) is 13.9. The van der Waals surface area contributed by atoms with Crippen LogP contribution in [0.2, 0.25) is 0 Å². The smallest absolute Gasteiger partial charge is 0.307 e. The summed E-state index contributed by atoms with van der Waals surface area (Å²) in [5.41, 5.74) is 1.12. The highest BCUT2D eigenvalue weighted by Gasteiger charge is 2.42. The minimum Gasteiger partial charge on any atom is -0.307 e. The number of hydrogen-bond acceptors (Lipinski definition) is 1.